The topological polar surface area (TPSA) is 79.3 Å². The number of nitrogens with zero attached hydrogens (tertiary/aromatic N) is 1. The van der Waals surface area contributed by atoms with Gasteiger partial charge in [0, 0.05) is 30.8 Å². The summed E-state index contributed by atoms with van der Waals surface area (Å²) in [6.45, 7) is 4.25. The van der Waals surface area contributed by atoms with Crippen molar-refractivity contribution in [2.75, 3.05) is 6.54 Å². The van der Waals surface area contributed by atoms with Crippen molar-refractivity contribution in [1.82, 2.24) is 10.3 Å². The van der Waals surface area contributed by atoms with Gasteiger partial charge in [-0.2, -0.15) is 4.39 Å². The van der Waals surface area contributed by atoms with Crippen LogP contribution in [0, 0.1) is 17.8 Å². The lowest BCUT2D eigenvalue weighted by molar-refractivity contribution is -0.138. The number of halogens is 1. The normalized spacial score (nSPS) is 12.2. The molecule has 0 saturated heterocycles. The molecular formula is C14H19FN2O3. The predicted molar refractivity (Wildman–Crippen MR) is 71.7 cm³/mol. The van der Waals surface area contributed by atoms with Crippen LogP contribution in [0.25, 0.3) is 0 Å². The Morgan fingerprint density at radius 3 is 2.70 bits per heavy atom. The van der Waals surface area contributed by atoms with Gasteiger partial charge in [-0.25, -0.2) is 4.98 Å². The molecule has 5 nitrogen and oxygen atoms in total. The summed E-state index contributed by atoms with van der Waals surface area (Å²) in [6.07, 6.45) is 1.92. The highest BCUT2D eigenvalue weighted by molar-refractivity contribution is 5.94. The van der Waals surface area contributed by atoms with Crippen molar-refractivity contribution >= 4 is 11.9 Å². The molecule has 1 heterocycles. The predicted octanol–water partition coefficient (Wildman–Crippen LogP) is 2.09. The smallest absolute Gasteiger partial charge is 0.303 e. The highest BCUT2D eigenvalue weighted by atomic mass is 19.1. The van der Waals surface area contributed by atoms with Crippen molar-refractivity contribution in [3.05, 3.63) is 29.8 Å². The van der Waals surface area contributed by atoms with E-state index in [1.54, 1.807) is 0 Å². The lowest BCUT2D eigenvalue weighted by Crippen LogP contribution is -2.31. The molecule has 0 aliphatic carbocycles. The summed E-state index contributed by atoms with van der Waals surface area (Å²) in [4.78, 5) is 26.0. The molecule has 0 aliphatic rings. The summed E-state index contributed by atoms with van der Waals surface area (Å²) in [5, 5.41) is 11.5. The fourth-order valence-electron chi connectivity index (χ4n) is 2.04. The first-order chi connectivity index (χ1) is 9.38. The Balaban J connectivity index is 2.57. The van der Waals surface area contributed by atoms with Gasteiger partial charge in [-0.15, -0.1) is 0 Å². The Kier molecular flexibility index (Phi) is 6.09. The van der Waals surface area contributed by atoms with E-state index >= 15 is 0 Å². The van der Waals surface area contributed by atoms with Gasteiger partial charge in [0.1, 0.15) is 0 Å². The minimum atomic E-state index is -0.889. The number of nitrogens with one attached hydrogen (secondary N) is 1. The molecule has 0 spiro atoms. The maximum absolute atomic E-state index is 12.9. The zero-order valence-electron chi connectivity index (χ0n) is 11.6. The molecule has 6 heteroatoms. The molecular weight excluding hydrogens is 263 g/mol. The fraction of sp³-hybridized carbons (Fsp3) is 0.500. The largest absolute Gasteiger partial charge is 0.481 e. The van der Waals surface area contributed by atoms with Gasteiger partial charge >= 0.3 is 5.97 Å². The molecule has 1 atom stereocenters. The van der Waals surface area contributed by atoms with Crippen LogP contribution in [0.5, 0.6) is 0 Å². The Labute approximate surface area is 117 Å². The van der Waals surface area contributed by atoms with Crippen LogP contribution in [0.4, 0.5) is 4.39 Å². The second kappa shape index (κ2) is 7.57. The van der Waals surface area contributed by atoms with E-state index in [4.69, 9.17) is 5.11 Å². The summed E-state index contributed by atoms with van der Waals surface area (Å²) < 4.78 is 12.9. The van der Waals surface area contributed by atoms with Crippen LogP contribution in [0.15, 0.2) is 18.3 Å². The van der Waals surface area contributed by atoms with Crippen LogP contribution in [-0.4, -0.2) is 28.5 Å². The molecule has 0 bridgehead atoms. The Hall–Kier alpha value is -1.98. The molecule has 0 radical (unpaired) electrons. The van der Waals surface area contributed by atoms with Gasteiger partial charge in [-0.1, -0.05) is 13.8 Å². The SMILES string of the molecule is CC(C)C[C@H](CNC(=O)c1ccnc(F)c1)CC(=O)O. The average Bonchev–Trinajstić information content (AvgIpc) is 2.34. The Morgan fingerprint density at radius 2 is 2.15 bits per heavy atom. The standard InChI is InChI=1S/C14H19FN2O3/c1-9(2)5-10(6-13(18)19)8-17-14(20)11-3-4-16-12(15)7-11/h3-4,7,9-10H,5-6,8H2,1-2H3,(H,17,20)(H,18,19)/t10-/m0/s1. The van der Waals surface area contributed by atoms with E-state index in [1.165, 1.54) is 12.3 Å². The summed E-state index contributed by atoms with van der Waals surface area (Å²) in [5.41, 5.74) is 0.177. The van der Waals surface area contributed by atoms with Crippen LogP contribution in [-0.2, 0) is 4.79 Å². The van der Waals surface area contributed by atoms with E-state index in [0.29, 0.717) is 12.3 Å². The quantitative estimate of drug-likeness (QED) is 0.750. The van der Waals surface area contributed by atoms with Crippen molar-refractivity contribution < 1.29 is 19.1 Å². The number of rotatable bonds is 7. The molecule has 0 fully saturated rings. The van der Waals surface area contributed by atoms with Crippen LogP contribution >= 0.6 is 0 Å². The average molecular weight is 282 g/mol. The molecule has 1 aromatic heterocycles. The molecule has 1 rings (SSSR count). The Morgan fingerprint density at radius 1 is 1.45 bits per heavy atom. The van der Waals surface area contributed by atoms with Crippen molar-refractivity contribution in [1.29, 1.82) is 0 Å². The molecule has 1 aromatic rings. The van der Waals surface area contributed by atoms with E-state index < -0.39 is 17.8 Å². The highest BCUT2D eigenvalue weighted by Gasteiger charge is 2.16. The number of hydrogen-bond donors (Lipinski definition) is 2. The summed E-state index contributed by atoms with van der Waals surface area (Å²) in [5.74, 6) is -1.83. The van der Waals surface area contributed by atoms with Crippen molar-refractivity contribution in [2.45, 2.75) is 26.7 Å². The summed E-state index contributed by atoms with van der Waals surface area (Å²) in [7, 11) is 0. The van der Waals surface area contributed by atoms with Gasteiger partial charge in [-0.05, 0) is 24.3 Å². The molecule has 0 aliphatic heterocycles. The third kappa shape index (κ3) is 5.77. The fourth-order valence-corrected chi connectivity index (χ4v) is 2.04. The van der Waals surface area contributed by atoms with Gasteiger partial charge in [0.15, 0.2) is 0 Å². The number of aromatic nitrogens is 1. The number of carbonyl (C=O) groups excluding carboxylic acids is 1. The van der Waals surface area contributed by atoms with E-state index in [1.807, 2.05) is 13.8 Å². The first-order valence-electron chi connectivity index (χ1n) is 6.50. The number of hydrogen-bond acceptors (Lipinski definition) is 3. The van der Waals surface area contributed by atoms with Gasteiger partial charge < -0.3 is 10.4 Å². The van der Waals surface area contributed by atoms with E-state index in [-0.39, 0.29) is 24.4 Å². The lowest BCUT2D eigenvalue weighted by Gasteiger charge is -2.17. The number of carboxylic acid groups (broad SMARTS) is 1. The van der Waals surface area contributed by atoms with Crippen LogP contribution < -0.4 is 5.32 Å². The minimum absolute atomic E-state index is 0.00314. The second-order valence-corrected chi connectivity index (χ2v) is 5.17. The molecule has 0 aromatic carbocycles. The van der Waals surface area contributed by atoms with Crippen LogP contribution in [0.2, 0.25) is 0 Å². The second-order valence-electron chi connectivity index (χ2n) is 5.17. The van der Waals surface area contributed by atoms with Gasteiger partial charge in [0.2, 0.25) is 5.95 Å². The van der Waals surface area contributed by atoms with Gasteiger partial charge in [0.25, 0.3) is 5.91 Å². The highest BCUT2D eigenvalue weighted by Crippen LogP contribution is 2.15. The Bertz CT molecular complexity index is 477. The monoisotopic (exact) mass is 282 g/mol. The molecule has 0 unspecified atom stereocenters. The van der Waals surface area contributed by atoms with Crippen LogP contribution in [0.1, 0.15) is 37.0 Å². The van der Waals surface area contributed by atoms with Crippen molar-refractivity contribution in [3.8, 4) is 0 Å². The third-order valence-corrected chi connectivity index (χ3v) is 2.81. The van der Waals surface area contributed by atoms with E-state index in [0.717, 1.165) is 6.07 Å². The number of aliphatic carboxylic acids is 1. The maximum Gasteiger partial charge on any atom is 0.303 e. The number of amides is 1. The van der Waals surface area contributed by atoms with E-state index in [9.17, 15) is 14.0 Å². The zero-order chi connectivity index (χ0) is 15.1. The van der Waals surface area contributed by atoms with Gasteiger partial charge in [-0.3, -0.25) is 9.59 Å². The number of carboxylic acids is 1. The van der Waals surface area contributed by atoms with Gasteiger partial charge in [0.05, 0.1) is 0 Å². The van der Waals surface area contributed by atoms with Crippen molar-refractivity contribution in [3.63, 3.8) is 0 Å². The van der Waals surface area contributed by atoms with E-state index in [2.05, 4.69) is 10.3 Å². The summed E-state index contributed by atoms with van der Waals surface area (Å²) >= 11 is 0. The third-order valence-electron chi connectivity index (χ3n) is 2.81. The molecule has 20 heavy (non-hydrogen) atoms. The minimum Gasteiger partial charge on any atom is -0.481 e. The zero-order valence-corrected chi connectivity index (χ0v) is 11.6. The first kappa shape index (κ1) is 16.1. The number of carbonyl (C=O) groups is 2. The van der Waals surface area contributed by atoms with Crippen molar-refractivity contribution in [2.24, 2.45) is 11.8 Å². The first-order valence-corrected chi connectivity index (χ1v) is 6.50. The number of pyridine rings is 1. The lowest BCUT2D eigenvalue weighted by atomic mass is 9.94. The molecule has 1 amide bonds. The van der Waals surface area contributed by atoms with Crippen LogP contribution in [0.3, 0.4) is 0 Å². The maximum atomic E-state index is 12.9. The molecule has 110 valence electrons. The summed E-state index contributed by atoms with van der Waals surface area (Å²) in [6, 6.07) is 2.46. The molecule has 2 N–H and O–H groups in total. The molecule has 0 saturated carbocycles.